The molecule has 2 amide bonds. The fourth-order valence-corrected chi connectivity index (χ4v) is 1.94. The smallest absolute Gasteiger partial charge is 0.223 e. The van der Waals surface area contributed by atoms with Gasteiger partial charge >= 0.3 is 0 Å². The van der Waals surface area contributed by atoms with Gasteiger partial charge in [-0.3, -0.25) is 9.59 Å². The van der Waals surface area contributed by atoms with E-state index in [2.05, 4.69) is 5.32 Å². The number of nitrogens with zero attached hydrogens (tertiary/aromatic N) is 1. The minimum atomic E-state index is -0.0148. The molecule has 1 N–H and O–H groups in total. The number of rotatable bonds is 6. The molecule has 1 aromatic carbocycles. The lowest BCUT2D eigenvalue weighted by atomic mass is 10.2. The first-order valence-electron chi connectivity index (χ1n) is 6.66. The Labute approximate surface area is 114 Å². The lowest BCUT2D eigenvalue weighted by Gasteiger charge is -2.23. The summed E-state index contributed by atoms with van der Waals surface area (Å²) in [5.74, 6) is 0.0230. The Morgan fingerprint density at radius 2 is 1.95 bits per heavy atom. The molecular formula is C15H22N2O2. The van der Waals surface area contributed by atoms with Crippen molar-refractivity contribution < 1.29 is 9.59 Å². The molecule has 4 nitrogen and oxygen atoms in total. The van der Waals surface area contributed by atoms with Crippen LogP contribution < -0.4 is 10.2 Å². The van der Waals surface area contributed by atoms with Crippen LogP contribution >= 0.6 is 0 Å². The van der Waals surface area contributed by atoms with E-state index in [0.29, 0.717) is 19.5 Å². The third-order valence-electron chi connectivity index (χ3n) is 2.92. The second-order valence-electron chi connectivity index (χ2n) is 4.56. The van der Waals surface area contributed by atoms with Gasteiger partial charge in [-0.1, -0.05) is 25.1 Å². The molecule has 1 aromatic rings. The summed E-state index contributed by atoms with van der Waals surface area (Å²) in [4.78, 5) is 24.8. The number of para-hydroxylation sites is 1. The van der Waals surface area contributed by atoms with E-state index in [1.807, 2.05) is 38.1 Å². The van der Waals surface area contributed by atoms with Gasteiger partial charge in [0.2, 0.25) is 11.8 Å². The van der Waals surface area contributed by atoms with Crippen molar-refractivity contribution in [3.63, 3.8) is 0 Å². The largest absolute Gasteiger partial charge is 0.354 e. The van der Waals surface area contributed by atoms with E-state index in [1.54, 1.807) is 11.8 Å². The second kappa shape index (κ2) is 7.56. The second-order valence-corrected chi connectivity index (χ2v) is 4.56. The van der Waals surface area contributed by atoms with E-state index < -0.39 is 0 Å². The molecule has 0 heterocycles. The van der Waals surface area contributed by atoms with Gasteiger partial charge < -0.3 is 10.2 Å². The van der Waals surface area contributed by atoms with Gasteiger partial charge in [-0.2, -0.15) is 0 Å². The van der Waals surface area contributed by atoms with Crippen LogP contribution in [0, 0.1) is 6.92 Å². The highest BCUT2D eigenvalue weighted by molar-refractivity contribution is 5.92. The highest BCUT2D eigenvalue weighted by Crippen LogP contribution is 2.18. The fourth-order valence-electron chi connectivity index (χ4n) is 1.94. The number of anilines is 1. The minimum absolute atomic E-state index is 0.0148. The molecule has 0 saturated carbocycles. The highest BCUT2D eigenvalue weighted by atomic mass is 16.2. The fraction of sp³-hybridized carbons (Fsp3) is 0.467. The van der Waals surface area contributed by atoms with Gasteiger partial charge in [0, 0.05) is 32.1 Å². The number of aryl methyl sites for hydroxylation is 1. The van der Waals surface area contributed by atoms with Crippen LogP contribution in [-0.2, 0) is 9.59 Å². The van der Waals surface area contributed by atoms with Crippen molar-refractivity contribution in [1.29, 1.82) is 0 Å². The van der Waals surface area contributed by atoms with Crippen molar-refractivity contribution in [2.75, 3.05) is 18.0 Å². The van der Waals surface area contributed by atoms with Crippen LogP contribution in [-0.4, -0.2) is 24.9 Å². The van der Waals surface area contributed by atoms with Crippen molar-refractivity contribution in [2.24, 2.45) is 0 Å². The monoisotopic (exact) mass is 262 g/mol. The van der Waals surface area contributed by atoms with Crippen LogP contribution in [0.15, 0.2) is 24.3 Å². The molecule has 0 radical (unpaired) electrons. The number of nitrogens with one attached hydrogen (secondary N) is 1. The third-order valence-corrected chi connectivity index (χ3v) is 2.92. The molecule has 0 aromatic heterocycles. The standard InChI is InChI=1S/C15H22N2O2/c1-4-7-15(19)16-10-11-17(13(3)18)14-9-6-5-8-12(14)2/h5-6,8-9H,4,7,10-11H2,1-3H3,(H,16,19). The van der Waals surface area contributed by atoms with Crippen molar-refractivity contribution in [2.45, 2.75) is 33.6 Å². The Hall–Kier alpha value is -1.84. The van der Waals surface area contributed by atoms with E-state index in [9.17, 15) is 9.59 Å². The van der Waals surface area contributed by atoms with E-state index in [0.717, 1.165) is 17.7 Å². The van der Waals surface area contributed by atoms with Crippen LogP contribution in [0.1, 0.15) is 32.3 Å². The summed E-state index contributed by atoms with van der Waals surface area (Å²) in [7, 11) is 0. The van der Waals surface area contributed by atoms with E-state index in [1.165, 1.54) is 0 Å². The lowest BCUT2D eigenvalue weighted by Crippen LogP contribution is -2.37. The number of amides is 2. The van der Waals surface area contributed by atoms with E-state index in [4.69, 9.17) is 0 Å². The molecule has 0 aliphatic heterocycles. The lowest BCUT2D eigenvalue weighted by molar-refractivity contribution is -0.121. The molecule has 0 spiro atoms. The Kier molecular flexibility index (Phi) is 6.06. The third kappa shape index (κ3) is 4.73. The average molecular weight is 262 g/mol. The summed E-state index contributed by atoms with van der Waals surface area (Å²) in [6.07, 6.45) is 1.37. The van der Waals surface area contributed by atoms with Crippen molar-refractivity contribution in [3.8, 4) is 0 Å². The zero-order valence-corrected chi connectivity index (χ0v) is 11.9. The van der Waals surface area contributed by atoms with Gasteiger partial charge in [0.15, 0.2) is 0 Å². The highest BCUT2D eigenvalue weighted by Gasteiger charge is 2.13. The molecule has 4 heteroatoms. The zero-order chi connectivity index (χ0) is 14.3. The zero-order valence-electron chi connectivity index (χ0n) is 11.9. The van der Waals surface area contributed by atoms with Crippen LogP contribution in [0.4, 0.5) is 5.69 Å². The SMILES string of the molecule is CCCC(=O)NCCN(C(C)=O)c1ccccc1C. The summed E-state index contributed by atoms with van der Waals surface area (Å²) in [6.45, 7) is 6.46. The Bertz CT molecular complexity index is 444. The van der Waals surface area contributed by atoms with E-state index >= 15 is 0 Å². The first-order valence-corrected chi connectivity index (χ1v) is 6.66. The molecule has 0 atom stereocenters. The number of hydrogen-bond donors (Lipinski definition) is 1. The molecule has 0 bridgehead atoms. The summed E-state index contributed by atoms with van der Waals surface area (Å²) >= 11 is 0. The normalized spacial score (nSPS) is 10.1. The molecule has 0 aliphatic rings. The molecule has 19 heavy (non-hydrogen) atoms. The number of hydrogen-bond acceptors (Lipinski definition) is 2. The molecule has 104 valence electrons. The van der Waals surface area contributed by atoms with Crippen LogP contribution in [0.5, 0.6) is 0 Å². The Morgan fingerprint density at radius 3 is 2.53 bits per heavy atom. The van der Waals surface area contributed by atoms with Crippen LogP contribution in [0.2, 0.25) is 0 Å². The Balaban J connectivity index is 2.63. The number of carbonyl (C=O) groups is 2. The number of carbonyl (C=O) groups excluding carboxylic acids is 2. The minimum Gasteiger partial charge on any atom is -0.354 e. The quantitative estimate of drug-likeness (QED) is 0.855. The van der Waals surface area contributed by atoms with Gasteiger partial charge in [-0.25, -0.2) is 0 Å². The summed E-state index contributed by atoms with van der Waals surface area (Å²) in [5.41, 5.74) is 1.96. The summed E-state index contributed by atoms with van der Waals surface area (Å²) in [6, 6.07) is 7.75. The topological polar surface area (TPSA) is 49.4 Å². The molecule has 0 aliphatic carbocycles. The maximum Gasteiger partial charge on any atom is 0.223 e. The molecular weight excluding hydrogens is 240 g/mol. The van der Waals surface area contributed by atoms with Gasteiger partial charge in [-0.15, -0.1) is 0 Å². The molecule has 0 saturated heterocycles. The first-order chi connectivity index (χ1) is 9.06. The maximum absolute atomic E-state index is 11.7. The number of benzene rings is 1. The molecule has 1 rings (SSSR count). The van der Waals surface area contributed by atoms with Gasteiger partial charge in [0.25, 0.3) is 0 Å². The average Bonchev–Trinajstić information content (AvgIpc) is 2.36. The predicted octanol–water partition coefficient (Wildman–Crippen LogP) is 2.26. The van der Waals surface area contributed by atoms with Crippen molar-refractivity contribution >= 4 is 17.5 Å². The van der Waals surface area contributed by atoms with E-state index in [-0.39, 0.29) is 11.8 Å². The summed E-state index contributed by atoms with van der Waals surface area (Å²) < 4.78 is 0. The van der Waals surface area contributed by atoms with Crippen LogP contribution in [0.3, 0.4) is 0 Å². The first kappa shape index (κ1) is 15.2. The molecule has 0 fully saturated rings. The molecule has 0 unspecified atom stereocenters. The van der Waals surface area contributed by atoms with Crippen LogP contribution in [0.25, 0.3) is 0 Å². The Morgan fingerprint density at radius 1 is 1.26 bits per heavy atom. The van der Waals surface area contributed by atoms with Gasteiger partial charge in [0.05, 0.1) is 0 Å². The van der Waals surface area contributed by atoms with Gasteiger partial charge in [0.1, 0.15) is 0 Å². The maximum atomic E-state index is 11.7. The van der Waals surface area contributed by atoms with Crippen molar-refractivity contribution in [3.05, 3.63) is 29.8 Å². The van der Waals surface area contributed by atoms with Gasteiger partial charge in [-0.05, 0) is 25.0 Å². The predicted molar refractivity (Wildman–Crippen MR) is 77.1 cm³/mol. The summed E-state index contributed by atoms with van der Waals surface area (Å²) in [5, 5.41) is 2.83. The van der Waals surface area contributed by atoms with Crippen molar-refractivity contribution in [1.82, 2.24) is 5.32 Å².